The van der Waals surface area contributed by atoms with Gasteiger partial charge in [-0.2, -0.15) is 0 Å². The van der Waals surface area contributed by atoms with Crippen molar-refractivity contribution in [2.75, 3.05) is 34.4 Å². The third-order valence-electron chi connectivity index (χ3n) is 4.01. The van der Waals surface area contributed by atoms with E-state index in [2.05, 4.69) is 6.58 Å². The van der Waals surface area contributed by atoms with Crippen molar-refractivity contribution in [3.63, 3.8) is 0 Å². The Morgan fingerprint density at radius 1 is 1.22 bits per heavy atom. The first-order valence-corrected chi connectivity index (χ1v) is 8.87. The molecule has 0 radical (unpaired) electrons. The van der Waals surface area contributed by atoms with Gasteiger partial charge in [-0.05, 0) is 36.8 Å². The third kappa shape index (κ3) is 5.41. The van der Waals surface area contributed by atoms with E-state index in [1.807, 2.05) is 12.1 Å². The number of nitrogens with zero attached hydrogens (tertiary/aromatic N) is 1. The van der Waals surface area contributed by atoms with Crippen molar-refractivity contribution < 1.29 is 19.0 Å². The Kier molecular flexibility index (Phi) is 7.55. The zero-order chi connectivity index (χ0) is 19.8. The number of halogens is 1. The van der Waals surface area contributed by atoms with Crippen LogP contribution >= 0.6 is 11.6 Å². The standard InChI is InChI=1S/C21H24ClNO4/c1-5-7-15-12-16(13-19(25-3)20(15)26-4)21(24)23(2)10-11-27-18-9-6-8-17(22)14-18/h5-6,8-9,12-14H,1,7,10-11H2,2-4H3. The van der Waals surface area contributed by atoms with Crippen LogP contribution in [0.5, 0.6) is 17.2 Å². The molecule has 0 aliphatic rings. The first-order chi connectivity index (χ1) is 13.0. The van der Waals surface area contributed by atoms with Crippen molar-refractivity contribution in [1.82, 2.24) is 4.90 Å². The van der Waals surface area contributed by atoms with Crippen LogP contribution in [0.25, 0.3) is 0 Å². The molecular weight excluding hydrogens is 366 g/mol. The molecule has 0 bridgehead atoms. The lowest BCUT2D eigenvalue weighted by Crippen LogP contribution is -2.31. The summed E-state index contributed by atoms with van der Waals surface area (Å²) in [5.74, 6) is 1.67. The number of allylic oxidation sites excluding steroid dienone is 1. The first-order valence-electron chi connectivity index (χ1n) is 8.49. The molecule has 0 unspecified atom stereocenters. The molecule has 0 aliphatic carbocycles. The van der Waals surface area contributed by atoms with Crippen LogP contribution in [0.3, 0.4) is 0 Å². The first kappa shape index (κ1) is 20.6. The summed E-state index contributed by atoms with van der Waals surface area (Å²) in [5.41, 5.74) is 1.37. The molecule has 0 saturated heterocycles. The minimum absolute atomic E-state index is 0.129. The highest BCUT2D eigenvalue weighted by Gasteiger charge is 2.18. The quantitative estimate of drug-likeness (QED) is 0.602. The van der Waals surface area contributed by atoms with Crippen LogP contribution in [0, 0.1) is 0 Å². The van der Waals surface area contributed by atoms with Gasteiger partial charge in [0, 0.05) is 23.2 Å². The van der Waals surface area contributed by atoms with Gasteiger partial charge in [0.25, 0.3) is 5.91 Å². The maximum atomic E-state index is 12.8. The van der Waals surface area contributed by atoms with E-state index in [1.54, 1.807) is 56.5 Å². The zero-order valence-electron chi connectivity index (χ0n) is 15.8. The van der Waals surface area contributed by atoms with Gasteiger partial charge in [0.05, 0.1) is 20.8 Å². The zero-order valence-corrected chi connectivity index (χ0v) is 16.6. The van der Waals surface area contributed by atoms with Gasteiger partial charge in [-0.3, -0.25) is 4.79 Å². The number of benzene rings is 2. The number of carbonyl (C=O) groups excluding carboxylic acids is 1. The summed E-state index contributed by atoms with van der Waals surface area (Å²) in [5, 5.41) is 0.608. The molecule has 1 amide bonds. The molecule has 0 atom stereocenters. The molecule has 27 heavy (non-hydrogen) atoms. The van der Waals surface area contributed by atoms with Crippen LogP contribution in [0.4, 0.5) is 0 Å². The van der Waals surface area contributed by atoms with Crippen LogP contribution in [0.15, 0.2) is 49.1 Å². The number of hydrogen-bond donors (Lipinski definition) is 0. The summed E-state index contributed by atoms with van der Waals surface area (Å²) in [6.45, 7) is 4.54. The number of likely N-dealkylation sites (N-methyl/N-ethyl adjacent to an activating group) is 1. The molecule has 0 heterocycles. The number of amides is 1. The molecule has 0 spiro atoms. The summed E-state index contributed by atoms with van der Waals surface area (Å²) in [4.78, 5) is 14.4. The average Bonchev–Trinajstić information content (AvgIpc) is 2.67. The number of hydrogen-bond acceptors (Lipinski definition) is 4. The number of rotatable bonds is 9. The largest absolute Gasteiger partial charge is 0.493 e. The van der Waals surface area contributed by atoms with Crippen molar-refractivity contribution >= 4 is 17.5 Å². The Morgan fingerprint density at radius 3 is 2.63 bits per heavy atom. The monoisotopic (exact) mass is 389 g/mol. The van der Waals surface area contributed by atoms with E-state index in [4.69, 9.17) is 25.8 Å². The van der Waals surface area contributed by atoms with E-state index in [9.17, 15) is 4.79 Å². The van der Waals surface area contributed by atoms with Crippen molar-refractivity contribution in [2.45, 2.75) is 6.42 Å². The molecular formula is C21H24ClNO4. The summed E-state index contributed by atoms with van der Waals surface area (Å²) in [6, 6.07) is 10.6. The molecule has 2 aromatic carbocycles. The van der Waals surface area contributed by atoms with E-state index < -0.39 is 0 Å². The topological polar surface area (TPSA) is 48.0 Å². The van der Waals surface area contributed by atoms with Crippen molar-refractivity contribution in [3.8, 4) is 17.2 Å². The number of methoxy groups -OCH3 is 2. The van der Waals surface area contributed by atoms with Crippen molar-refractivity contribution in [2.24, 2.45) is 0 Å². The molecule has 2 rings (SSSR count). The SMILES string of the molecule is C=CCc1cc(C(=O)N(C)CCOc2cccc(Cl)c2)cc(OC)c1OC. The highest BCUT2D eigenvalue weighted by Crippen LogP contribution is 2.33. The van der Waals surface area contributed by atoms with Gasteiger partial charge in [0.2, 0.25) is 0 Å². The third-order valence-corrected chi connectivity index (χ3v) is 4.24. The van der Waals surface area contributed by atoms with Crippen LogP contribution in [0.2, 0.25) is 5.02 Å². The Bertz CT molecular complexity index is 807. The molecule has 5 nitrogen and oxygen atoms in total. The second kappa shape index (κ2) is 9.88. The van der Waals surface area contributed by atoms with E-state index in [0.29, 0.717) is 47.4 Å². The van der Waals surface area contributed by atoms with Crippen LogP contribution in [0.1, 0.15) is 15.9 Å². The fraction of sp³-hybridized carbons (Fsp3) is 0.286. The smallest absolute Gasteiger partial charge is 0.253 e. The van der Waals surface area contributed by atoms with Gasteiger partial charge < -0.3 is 19.1 Å². The predicted octanol–water partition coefficient (Wildman–Crippen LogP) is 4.24. The van der Waals surface area contributed by atoms with Crippen molar-refractivity contribution in [3.05, 3.63) is 65.2 Å². The second-order valence-electron chi connectivity index (χ2n) is 5.90. The normalized spacial score (nSPS) is 10.2. The van der Waals surface area contributed by atoms with Gasteiger partial charge in [0.1, 0.15) is 12.4 Å². The second-order valence-corrected chi connectivity index (χ2v) is 6.33. The van der Waals surface area contributed by atoms with Gasteiger partial charge in [-0.1, -0.05) is 23.7 Å². The van der Waals surface area contributed by atoms with Gasteiger partial charge in [0.15, 0.2) is 11.5 Å². The molecule has 0 aromatic heterocycles. The summed E-state index contributed by atoms with van der Waals surface area (Å²) < 4.78 is 16.4. The van der Waals surface area contributed by atoms with Gasteiger partial charge >= 0.3 is 0 Å². The molecule has 0 aliphatic heterocycles. The van der Waals surface area contributed by atoms with E-state index in [1.165, 1.54) is 0 Å². The molecule has 6 heteroatoms. The fourth-order valence-corrected chi connectivity index (χ4v) is 2.83. The van der Waals surface area contributed by atoms with Gasteiger partial charge in [-0.25, -0.2) is 0 Å². The maximum absolute atomic E-state index is 12.8. The lowest BCUT2D eigenvalue weighted by molar-refractivity contribution is 0.0773. The Labute approximate surface area is 165 Å². The van der Waals surface area contributed by atoms with E-state index in [0.717, 1.165) is 5.56 Å². The molecule has 0 saturated carbocycles. The summed E-state index contributed by atoms with van der Waals surface area (Å²) in [6.07, 6.45) is 2.33. The Balaban J connectivity index is 2.08. The molecule has 2 aromatic rings. The van der Waals surface area contributed by atoms with Crippen molar-refractivity contribution in [1.29, 1.82) is 0 Å². The summed E-state index contributed by atoms with van der Waals surface area (Å²) in [7, 11) is 4.85. The average molecular weight is 390 g/mol. The Hall–Kier alpha value is -2.66. The highest BCUT2D eigenvalue weighted by atomic mass is 35.5. The lowest BCUT2D eigenvalue weighted by Gasteiger charge is -2.20. The maximum Gasteiger partial charge on any atom is 0.253 e. The minimum Gasteiger partial charge on any atom is -0.493 e. The van der Waals surface area contributed by atoms with Crippen LogP contribution in [-0.4, -0.2) is 45.2 Å². The van der Waals surface area contributed by atoms with Crippen LogP contribution < -0.4 is 14.2 Å². The molecule has 144 valence electrons. The molecule has 0 fully saturated rings. The number of ether oxygens (including phenoxy) is 3. The fourth-order valence-electron chi connectivity index (χ4n) is 2.65. The number of carbonyl (C=O) groups is 1. The van der Waals surface area contributed by atoms with E-state index >= 15 is 0 Å². The predicted molar refractivity (Wildman–Crippen MR) is 107 cm³/mol. The Morgan fingerprint density at radius 2 is 2.00 bits per heavy atom. The van der Waals surface area contributed by atoms with Crippen LogP contribution in [-0.2, 0) is 6.42 Å². The highest BCUT2D eigenvalue weighted by molar-refractivity contribution is 6.30. The lowest BCUT2D eigenvalue weighted by atomic mass is 10.0. The summed E-state index contributed by atoms with van der Waals surface area (Å²) >= 11 is 5.94. The molecule has 0 N–H and O–H groups in total. The van der Waals surface area contributed by atoms with E-state index in [-0.39, 0.29) is 5.91 Å². The van der Waals surface area contributed by atoms with Gasteiger partial charge in [-0.15, -0.1) is 6.58 Å². The minimum atomic E-state index is -0.129.